The third-order valence-corrected chi connectivity index (χ3v) is 3.59. The van der Waals surface area contributed by atoms with Crippen LogP contribution >= 0.6 is 0 Å². The molecule has 0 heterocycles. The fraction of sp³-hybridized carbons (Fsp3) is 0.812. The molecular formula is C16H28O. The minimum absolute atomic E-state index is 0.438. The van der Waals surface area contributed by atoms with Crippen LogP contribution in [0, 0.1) is 5.92 Å². The lowest BCUT2D eigenvalue weighted by molar-refractivity contribution is -0.119. The number of hydrogen-bond acceptors (Lipinski definition) is 1. The van der Waals surface area contributed by atoms with Gasteiger partial charge in [0.05, 0.1) is 0 Å². The minimum Gasteiger partial charge on any atom is -0.300 e. The third kappa shape index (κ3) is 8.18. The van der Waals surface area contributed by atoms with Crippen LogP contribution < -0.4 is 0 Å². The van der Waals surface area contributed by atoms with Crippen LogP contribution in [0.2, 0.25) is 0 Å². The molecule has 0 fully saturated rings. The lowest BCUT2D eigenvalue weighted by Gasteiger charge is -2.05. The van der Waals surface area contributed by atoms with Gasteiger partial charge in [0.25, 0.3) is 0 Å². The van der Waals surface area contributed by atoms with Crippen LogP contribution in [0.3, 0.4) is 0 Å². The van der Waals surface area contributed by atoms with Gasteiger partial charge in [-0.3, -0.25) is 4.79 Å². The predicted octanol–water partition coefficient (Wildman–Crippen LogP) is 5.05. The molecule has 0 saturated carbocycles. The van der Waals surface area contributed by atoms with E-state index in [1.807, 2.05) is 0 Å². The summed E-state index contributed by atoms with van der Waals surface area (Å²) in [5.41, 5.74) is 0. The first-order valence-electron chi connectivity index (χ1n) is 7.47. The first kappa shape index (κ1) is 14.5. The van der Waals surface area contributed by atoms with Crippen molar-refractivity contribution in [3.8, 4) is 0 Å². The molecule has 0 bridgehead atoms. The number of allylic oxidation sites excluding steroid dienone is 2. The fourth-order valence-corrected chi connectivity index (χ4v) is 2.50. The van der Waals surface area contributed by atoms with E-state index in [-0.39, 0.29) is 0 Å². The normalized spacial score (nSPS) is 28.1. The lowest BCUT2D eigenvalue weighted by Crippen LogP contribution is -2.03. The molecule has 17 heavy (non-hydrogen) atoms. The maximum absolute atomic E-state index is 11.7. The van der Waals surface area contributed by atoms with Gasteiger partial charge in [0.2, 0.25) is 0 Å². The van der Waals surface area contributed by atoms with Crippen molar-refractivity contribution in [2.75, 3.05) is 0 Å². The SMILES string of the molecule is CC1/C=C\CCCCCCCCCCC(=O)C1. The van der Waals surface area contributed by atoms with Crippen molar-refractivity contribution in [1.29, 1.82) is 0 Å². The summed E-state index contributed by atoms with van der Waals surface area (Å²) in [7, 11) is 0. The van der Waals surface area contributed by atoms with Crippen molar-refractivity contribution >= 4 is 5.78 Å². The predicted molar refractivity (Wildman–Crippen MR) is 74.1 cm³/mol. The maximum Gasteiger partial charge on any atom is 0.133 e. The number of ketones is 1. The van der Waals surface area contributed by atoms with E-state index in [0.29, 0.717) is 11.7 Å². The zero-order chi connectivity index (χ0) is 12.3. The van der Waals surface area contributed by atoms with E-state index >= 15 is 0 Å². The number of Topliss-reactive ketones (excluding diaryl/α,β-unsaturated/α-hetero) is 1. The Hall–Kier alpha value is -0.590. The van der Waals surface area contributed by atoms with Crippen LogP contribution in [-0.4, -0.2) is 5.78 Å². The van der Waals surface area contributed by atoms with Crippen LogP contribution in [-0.2, 0) is 4.79 Å². The Morgan fingerprint density at radius 1 is 0.941 bits per heavy atom. The van der Waals surface area contributed by atoms with E-state index in [9.17, 15) is 4.79 Å². The van der Waals surface area contributed by atoms with Gasteiger partial charge >= 0.3 is 0 Å². The first-order chi connectivity index (χ1) is 8.29. The van der Waals surface area contributed by atoms with E-state index in [1.54, 1.807) is 0 Å². The van der Waals surface area contributed by atoms with E-state index in [4.69, 9.17) is 0 Å². The standard InChI is InChI=1S/C16H28O/c1-15-12-10-8-6-4-2-3-5-7-9-11-13-16(17)14-15/h10,12,15H,2-9,11,13-14H2,1H3/b12-10-. The average Bonchev–Trinajstić information content (AvgIpc) is 2.30. The Bertz CT molecular complexity index is 230. The summed E-state index contributed by atoms with van der Waals surface area (Å²) in [5.74, 6) is 0.893. The molecule has 0 aromatic heterocycles. The molecule has 98 valence electrons. The van der Waals surface area contributed by atoms with Gasteiger partial charge in [0.1, 0.15) is 5.78 Å². The van der Waals surface area contributed by atoms with Gasteiger partial charge < -0.3 is 0 Å². The molecule has 1 rings (SSSR count). The highest BCUT2D eigenvalue weighted by Gasteiger charge is 2.06. The monoisotopic (exact) mass is 236 g/mol. The molecular weight excluding hydrogens is 208 g/mol. The summed E-state index contributed by atoms with van der Waals surface area (Å²) < 4.78 is 0. The van der Waals surface area contributed by atoms with Crippen molar-refractivity contribution < 1.29 is 4.79 Å². The van der Waals surface area contributed by atoms with Gasteiger partial charge in [0.15, 0.2) is 0 Å². The molecule has 0 spiro atoms. The zero-order valence-electron chi connectivity index (χ0n) is 11.4. The fourth-order valence-electron chi connectivity index (χ4n) is 2.50. The second-order valence-electron chi connectivity index (χ2n) is 5.52. The maximum atomic E-state index is 11.7. The van der Waals surface area contributed by atoms with Gasteiger partial charge in [-0.2, -0.15) is 0 Å². The summed E-state index contributed by atoms with van der Waals surface area (Å²) in [6, 6.07) is 0. The number of rotatable bonds is 0. The van der Waals surface area contributed by atoms with Crippen molar-refractivity contribution in [2.24, 2.45) is 5.92 Å². The number of hydrogen-bond donors (Lipinski definition) is 0. The van der Waals surface area contributed by atoms with E-state index in [0.717, 1.165) is 19.3 Å². The molecule has 0 aromatic carbocycles. The van der Waals surface area contributed by atoms with E-state index < -0.39 is 0 Å². The van der Waals surface area contributed by atoms with Gasteiger partial charge in [-0.15, -0.1) is 0 Å². The Morgan fingerprint density at radius 3 is 2.24 bits per heavy atom. The van der Waals surface area contributed by atoms with Gasteiger partial charge in [-0.05, 0) is 25.2 Å². The van der Waals surface area contributed by atoms with Crippen LogP contribution in [0.15, 0.2) is 12.2 Å². The van der Waals surface area contributed by atoms with Crippen molar-refractivity contribution in [3.63, 3.8) is 0 Å². The minimum atomic E-state index is 0.438. The first-order valence-corrected chi connectivity index (χ1v) is 7.47. The van der Waals surface area contributed by atoms with Crippen LogP contribution in [0.4, 0.5) is 0 Å². The quantitative estimate of drug-likeness (QED) is 0.538. The number of carbonyl (C=O) groups excluding carboxylic acids is 1. The molecule has 1 aliphatic rings. The Kier molecular flexibility index (Phi) is 8.04. The molecule has 0 saturated heterocycles. The topological polar surface area (TPSA) is 17.1 Å². The Morgan fingerprint density at radius 2 is 1.53 bits per heavy atom. The summed E-state index contributed by atoms with van der Waals surface area (Å²) in [6.07, 6.45) is 17.8. The lowest BCUT2D eigenvalue weighted by atomic mass is 10.00. The van der Waals surface area contributed by atoms with Crippen molar-refractivity contribution in [2.45, 2.75) is 77.6 Å². The number of carbonyl (C=O) groups is 1. The molecule has 0 aliphatic heterocycles. The molecule has 1 heteroatoms. The average molecular weight is 236 g/mol. The van der Waals surface area contributed by atoms with Crippen LogP contribution in [0.1, 0.15) is 77.6 Å². The smallest absolute Gasteiger partial charge is 0.133 e. The third-order valence-electron chi connectivity index (χ3n) is 3.59. The Labute approximate surface area is 107 Å². The van der Waals surface area contributed by atoms with Crippen molar-refractivity contribution in [1.82, 2.24) is 0 Å². The van der Waals surface area contributed by atoms with Crippen LogP contribution in [0.25, 0.3) is 0 Å². The largest absolute Gasteiger partial charge is 0.300 e. The molecule has 0 N–H and O–H groups in total. The second kappa shape index (κ2) is 9.44. The molecule has 1 nitrogen and oxygen atoms in total. The highest BCUT2D eigenvalue weighted by atomic mass is 16.1. The summed E-state index contributed by atoms with van der Waals surface area (Å²) in [4.78, 5) is 11.7. The van der Waals surface area contributed by atoms with E-state index in [2.05, 4.69) is 19.1 Å². The Balaban J connectivity index is 2.31. The summed E-state index contributed by atoms with van der Waals surface area (Å²) >= 11 is 0. The molecule has 1 atom stereocenters. The van der Waals surface area contributed by atoms with Gasteiger partial charge in [0, 0.05) is 12.8 Å². The van der Waals surface area contributed by atoms with E-state index in [1.165, 1.54) is 51.4 Å². The van der Waals surface area contributed by atoms with Crippen LogP contribution in [0.5, 0.6) is 0 Å². The van der Waals surface area contributed by atoms with Crippen molar-refractivity contribution in [3.05, 3.63) is 12.2 Å². The van der Waals surface area contributed by atoms with Gasteiger partial charge in [-0.1, -0.05) is 57.6 Å². The highest BCUT2D eigenvalue weighted by Crippen LogP contribution is 2.14. The highest BCUT2D eigenvalue weighted by molar-refractivity contribution is 5.78. The molecule has 1 aliphatic carbocycles. The zero-order valence-corrected chi connectivity index (χ0v) is 11.4. The molecule has 0 amide bonds. The van der Waals surface area contributed by atoms with Gasteiger partial charge in [-0.25, -0.2) is 0 Å². The second-order valence-corrected chi connectivity index (χ2v) is 5.52. The molecule has 0 radical (unpaired) electrons. The molecule has 0 aromatic rings. The molecule has 1 unspecified atom stereocenters. The summed E-state index contributed by atoms with van der Waals surface area (Å²) in [6.45, 7) is 2.16. The summed E-state index contributed by atoms with van der Waals surface area (Å²) in [5, 5.41) is 0.